The molecule has 0 bridgehead atoms. The monoisotopic (exact) mass is 290 g/mol. The first-order chi connectivity index (χ1) is 7.95. The number of aliphatic hydroxyl groups is 4. The van der Waals surface area contributed by atoms with E-state index in [9.17, 15) is 13.2 Å². The summed E-state index contributed by atoms with van der Waals surface area (Å²) in [6.07, 6.45) is -8.01. The third-order valence-corrected chi connectivity index (χ3v) is 1.83. The van der Waals surface area contributed by atoms with Crippen molar-refractivity contribution in [2.75, 3.05) is 6.26 Å². The lowest BCUT2D eigenvalue weighted by atomic mass is 9.99. The lowest BCUT2D eigenvalue weighted by molar-refractivity contribution is -0.279. The summed E-state index contributed by atoms with van der Waals surface area (Å²) in [5, 5.41) is 44.4. The fraction of sp³-hybridized carbons (Fsp3) is 0.857. The van der Waals surface area contributed by atoms with E-state index in [2.05, 4.69) is 4.74 Å². The maximum atomic E-state index is 10.4. The van der Waals surface area contributed by atoms with Gasteiger partial charge >= 0.3 is 5.97 Å². The molecule has 18 heavy (non-hydrogen) atoms. The molecule has 10 nitrogen and oxygen atoms in total. The zero-order valence-electron chi connectivity index (χ0n) is 9.11. The first-order valence-electron chi connectivity index (χ1n) is 4.48. The number of carbonyl (C=O) groups is 1. The van der Waals surface area contributed by atoms with Gasteiger partial charge in [-0.05, 0) is 0 Å². The molecular formula is C7H14O10S. The Labute approximate surface area is 102 Å². The number of aliphatic hydroxyl groups excluding tert-OH is 4. The van der Waals surface area contributed by atoms with Crippen LogP contribution in [0.15, 0.2) is 0 Å². The van der Waals surface area contributed by atoms with Crippen LogP contribution in [0.4, 0.5) is 0 Å². The topological polar surface area (TPSA) is 182 Å². The van der Waals surface area contributed by atoms with Gasteiger partial charge in [0.1, 0.15) is 18.3 Å². The Bertz CT molecular complexity index is 370. The smallest absolute Gasteiger partial charge is 0.335 e. The molecule has 1 fully saturated rings. The molecule has 0 saturated carbocycles. The highest BCUT2D eigenvalue weighted by Crippen LogP contribution is 2.19. The largest absolute Gasteiger partial charge is 0.479 e. The van der Waals surface area contributed by atoms with E-state index >= 15 is 0 Å². The summed E-state index contributed by atoms with van der Waals surface area (Å²) in [6, 6.07) is 0. The Morgan fingerprint density at radius 1 is 1.06 bits per heavy atom. The Hall–Kier alpha value is -0.820. The Morgan fingerprint density at radius 2 is 1.44 bits per heavy atom. The Morgan fingerprint density at radius 3 is 1.78 bits per heavy atom. The summed E-state index contributed by atoms with van der Waals surface area (Å²) < 4.78 is 30.2. The maximum Gasteiger partial charge on any atom is 0.335 e. The second-order valence-corrected chi connectivity index (χ2v) is 4.96. The fourth-order valence-electron chi connectivity index (χ4n) is 1.07. The van der Waals surface area contributed by atoms with E-state index in [1.54, 1.807) is 0 Å². The summed E-state index contributed by atoms with van der Waals surface area (Å²) in [5.41, 5.74) is 0. The van der Waals surface area contributed by atoms with Crippen molar-refractivity contribution in [3.05, 3.63) is 0 Å². The number of carboxylic acid groups (broad SMARTS) is 1. The molecule has 0 aromatic heterocycles. The standard InChI is InChI=1S/C6H10O7.CH4O3S/c7-1-2(8)4(5(10)11)13-6(12)3(1)9;1-5(2,3)4/h1-4,6-9,12H,(H,10,11);1H3,(H,2,3,4)/t1-,2-,3+,4-,6+;/m0./s1. The van der Waals surface area contributed by atoms with E-state index < -0.39 is 46.8 Å². The van der Waals surface area contributed by atoms with Gasteiger partial charge in [-0.15, -0.1) is 0 Å². The van der Waals surface area contributed by atoms with Gasteiger partial charge in [0.15, 0.2) is 12.4 Å². The summed E-state index contributed by atoms with van der Waals surface area (Å²) in [5.74, 6) is -1.52. The molecule has 1 aliphatic rings. The van der Waals surface area contributed by atoms with Gasteiger partial charge in [0.25, 0.3) is 10.1 Å². The molecule has 0 unspecified atom stereocenters. The van der Waals surface area contributed by atoms with E-state index in [1.807, 2.05) is 0 Å². The lowest BCUT2D eigenvalue weighted by Gasteiger charge is -2.36. The SMILES string of the molecule is CS(=O)(=O)O.O=C(O)[C@H]1O[C@@H](O)[C@H](O)[C@@H](O)[C@@H]1O. The van der Waals surface area contributed by atoms with Gasteiger partial charge in [0.2, 0.25) is 0 Å². The first kappa shape index (κ1) is 17.2. The minimum absolute atomic E-state index is 0.715. The molecule has 0 aromatic carbocycles. The van der Waals surface area contributed by atoms with E-state index in [4.69, 9.17) is 30.1 Å². The van der Waals surface area contributed by atoms with Crippen LogP contribution >= 0.6 is 0 Å². The van der Waals surface area contributed by atoms with Crippen LogP contribution in [0.2, 0.25) is 0 Å². The summed E-state index contributed by atoms with van der Waals surface area (Å²) in [6.45, 7) is 0. The number of ether oxygens (including phenoxy) is 1. The predicted molar refractivity (Wildman–Crippen MR) is 54.0 cm³/mol. The zero-order valence-corrected chi connectivity index (χ0v) is 9.93. The van der Waals surface area contributed by atoms with Crippen LogP contribution < -0.4 is 0 Å². The molecule has 1 rings (SSSR count). The van der Waals surface area contributed by atoms with Crippen LogP contribution in [0.5, 0.6) is 0 Å². The highest BCUT2D eigenvalue weighted by molar-refractivity contribution is 7.85. The maximum absolute atomic E-state index is 10.4. The highest BCUT2D eigenvalue weighted by atomic mass is 32.2. The molecule has 1 aliphatic heterocycles. The van der Waals surface area contributed by atoms with Gasteiger partial charge in [-0.25, -0.2) is 4.79 Å². The van der Waals surface area contributed by atoms with E-state index in [1.165, 1.54) is 0 Å². The quantitative estimate of drug-likeness (QED) is 0.263. The third-order valence-electron chi connectivity index (χ3n) is 1.83. The Balaban J connectivity index is 0.000000494. The molecule has 0 amide bonds. The summed E-state index contributed by atoms with van der Waals surface area (Å²) >= 11 is 0. The number of hydrogen-bond acceptors (Lipinski definition) is 8. The second-order valence-electron chi connectivity index (χ2n) is 3.49. The van der Waals surface area contributed by atoms with Gasteiger partial charge in [0.05, 0.1) is 6.26 Å². The zero-order chi connectivity index (χ0) is 14.7. The molecule has 1 saturated heterocycles. The number of carboxylic acids is 1. The van der Waals surface area contributed by atoms with Crippen LogP contribution in [0.3, 0.4) is 0 Å². The molecule has 11 heteroatoms. The highest BCUT2D eigenvalue weighted by Gasteiger charge is 2.46. The van der Waals surface area contributed by atoms with Crippen molar-refractivity contribution in [2.24, 2.45) is 0 Å². The van der Waals surface area contributed by atoms with E-state index in [0.29, 0.717) is 6.26 Å². The van der Waals surface area contributed by atoms with Crippen LogP contribution in [0.1, 0.15) is 0 Å². The van der Waals surface area contributed by atoms with Crippen molar-refractivity contribution >= 4 is 16.1 Å². The first-order valence-corrected chi connectivity index (χ1v) is 6.33. The molecule has 5 atom stereocenters. The van der Waals surface area contributed by atoms with Gasteiger partial charge in [0, 0.05) is 0 Å². The number of aliphatic carboxylic acids is 1. The molecule has 6 N–H and O–H groups in total. The molecule has 0 radical (unpaired) electrons. The van der Waals surface area contributed by atoms with Gasteiger partial charge in [-0.3, -0.25) is 4.55 Å². The second kappa shape index (κ2) is 6.38. The van der Waals surface area contributed by atoms with Crippen molar-refractivity contribution in [1.82, 2.24) is 0 Å². The Kier molecular flexibility index (Phi) is 6.09. The van der Waals surface area contributed by atoms with Gasteiger partial charge in [-0.1, -0.05) is 0 Å². The summed E-state index contributed by atoms with van der Waals surface area (Å²) in [4.78, 5) is 10.4. The normalized spacial score (nSPS) is 36.4. The van der Waals surface area contributed by atoms with E-state index in [0.717, 1.165) is 0 Å². The van der Waals surface area contributed by atoms with Crippen molar-refractivity contribution in [2.45, 2.75) is 30.7 Å². The van der Waals surface area contributed by atoms with Crippen LogP contribution in [-0.4, -0.2) is 81.4 Å². The van der Waals surface area contributed by atoms with Crippen LogP contribution in [0.25, 0.3) is 0 Å². The van der Waals surface area contributed by atoms with Crippen molar-refractivity contribution < 1.29 is 48.0 Å². The lowest BCUT2D eigenvalue weighted by Crippen LogP contribution is -2.59. The van der Waals surface area contributed by atoms with Crippen molar-refractivity contribution in [3.63, 3.8) is 0 Å². The molecule has 1 heterocycles. The van der Waals surface area contributed by atoms with Crippen LogP contribution in [-0.2, 0) is 19.6 Å². The summed E-state index contributed by atoms with van der Waals surface area (Å²) in [7, 11) is -3.67. The molecule has 0 spiro atoms. The van der Waals surface area contributed by atoms with Crippen molar-refractivity contribution in [3.8, 4) is 0 Å². The third kappa shape index (κ3) is 5.68. The van der Waals surface area contributed by atoms with Crippen molar-refractivity contribution in [1.29, 1.82) is 0 Å². The van der Waals surface area contributed by atoms with Crippen LogP contribution in [0, 0.1) is 0 Å². The molecule has 108 valence electrons. The number of hydrogen-bond donors (Lipinski definition) is 6. The van der Waals surface area contributed by atoms with Gasteiger partial charge < -0.3 is 30.3 Å². The average Bonchev–Trinajstić information content (AvgIpc) is 2.17. The minimum atomic E-state index is -3.67. The predicted octanol–water partition coefficient (Wildman–Crippen LogP) is -3.63. The van der Waals surface area contributed by atoms with E-state index in [-0.39, 0.29) is 0 Å². The molecule has 0 aliphatic carbocycles. The number of rotatable bonds is 1. The molecular weight excluding hydrogens is 276 g/mol. The average molecular weight is 290 g/mol. The minimum Gasteiger partial charge on any atom is -0.479 e. The fourth-order valence-corrected chi connectivity index (χ4v) is 1.07. The molecule has 0 aromatic rings. The van der Waals surface area contributed by atoms with Gasteiger partial charge in [-0.2, -0.15) is 8.42 Å².